The van der Waals surface area contributed by atoms with E-state index in [4.69, 9.17) is 10.5 Å². The molecule has 0 aromatic carbocycles. The number of nitrogens with one attached hydrogen (secondary N) is 1. The fraction of sp³-hybridized carbons (Fsp3) is 0.450. The lowest BCUT2D eigenvalue weighted by atomic mass is 9.94. The summed E-state index contributed by atoms with van der Waals surface area (Å²) in [7, 11) is 1.52. The number of aromatic nitrogens is 3. The van der Waals surface area contributed by atoms with Crippen molar-refractivity contribution in [2.75, 3.05) is 19.4 Å². The summed E-state index contributed by atoms with van der Waals surface area (Å²) in [5, 5.41) is 2.87. The SMILES string of the molecule is CCN1Cc2nc(OC)c(CNC(=O)c3nc(N)nc4c3CCCC4)cc2C1=O. The molecule has 1 aliphatic carbocycles. The number of carbonyl (C=O) groups is 2. The Morgan fingerprint density at radius 2 is 2.03 bits per heavy atom. The molecule has 2 amide bonds. The third-order valence-electron chi connectivity index (χ3n) is 5.43. The topological polar surface area (TPSA) is 123 Å². The van der Waals surface area contributed by atoms with E-state index in [0.29, 0.717) is 41.5 Å². The fourth-order valence-electron chi connectivity index (χ4n) is 3.92. The number of nitrogens with two attached hydrogens (primary N) is 1. The molecule has 0 unspecified atom stereocenters. The molecule has 1 aliphatic heterocycles. The summed E-state index contributed by atoms with van der Waals surface area (Å²) in [4.78, 5) is 40.0. The number of rotatable bonds is 5. The number of methoxy groups -OCH3 is 1. The molecule has 0 atom stereocenters. The monoisotopic (exact) mass is 396 g/mol. The van der Waals surface area contributed by atoms with Crippen LogP contribution >= 0.6 is 0 Å². The van der Waals surface area contributed by atoms with Crippen LogP contribution in [-0.2, 0) is 25.9 Å². The van der Waals surface area contributed by atoms with Crippen molar-refractivity contribution in [3.63, 3.8) is 0 Å². The van der Waals surface area contributed by atoms with E-state index in [2.05, 4.69) is 20.3 Å². The molecular formula is C20H24N6O3. The Hall–Kier alpha value is -3.23. The lowest BCUT2D eigenvalue weighted by molar-refractivity contribution is 0.0786. The molecule has 9 nitrogen and oxygen atoms in total. The van der Waals surface area contributed by atoms with Gasteiger partial charge in [-0.15, -0.1) is 0 Å². The summed E-state index contributed by atoms with van der Waals surface area (Å²) in [6, 6.07) is 1.75. The molecule has 0 saturated carbocycles. The van der Waals surface area contributed by atoms with Crippen LogP contribution in [0.15, 0.2) is 6.07 Å². The van der Waals surface area contributed by atoms with Gasteiger partial charge in [-0.1, -0.05) is 0 Å². The largest absolute Gasteiger partial charge is 0.481 e. The fourth-order valence-corrected chi connectivity index (χ4v) is 3.92. The zero-order chi connectivity index (χ0) is 20.5. The third kappa shape index (κ3) is 3.48. The third-order valence-corrected chi connectivity index (χ3v) is 5.43. The van der Waals surface area contributed by atoms with Gasteiger partial charge in [-0.2, -0.15) is 0 Å². The van der Waals surface area contributed by atoms with Gasteiger partial charge in [-0.25, -0.2) is 15.0 Å². The molecule has 29 heavy (non-hydrogen) atoms. The Morgan fingerprint density at radius 3 is 2.79 bits per heavy atom. The molecule has 0 radical (unpaired) electrons. The van der Waals surface area contributed by atoms with Gasteiger partial charge in [0, 0.05) is 29.9 Å². The van der Waals surface area contributed by atoms with Crippen molar-refractivity contribution in [3.8, 4) is 5.88 Å². The van der Waals surface area contributed by atoms with Crippen LogP contribution in [0.25, 0.3) is 0 Å². The zero-order valence-corrected chi connectivity index (χ0v) is 16.6. The van der Waals surface area contributed by atoms with Gasteiger partial charge in [0.15, 0.2) is 0 Å². The van der Waals surface area contributed by atoms with Gasteiger partial charge in [0.2, 0.25) is 11.8 Å². The van der Waals surface area contributed by atoms with Crippen molar-refractivity contribution in [2.24, 2.45) is 0 Å². The van der Waals surface area contributed by atoms with Crippen LogP contribution in [0, 0.1) is 0 Å². The molecule has 152 valence electrons. The summed E-state index contributed by atoms with van der Waals surface area (Å²) in [5.74, 6) is 0.140. The number of fused-ring (bicyclic) bond motifs is 2. The first kappa shape index (κ1) is 19.1. The second-order valence-electron chi connectivity index (χ2n) is 7.22. The maximum absolute atomic E-state index is 12.8. The van der Waals surface area contributed by atoms with Crippen LogP contribution in [-0.4, -0.2) is 45.3 Å². The quantitative estimate of drug-likeness (QED) is 0.779. The summed E-state index contributed by atoms with van der Waals surface area (Å²) >= 11 is 0. The van der Waals surface area contributed by atoms with E-state index < -0.39 is 0 Å². The second kappa shape index (κ2) is 7.65. The van der Waals surface area contributed by atoms with Gasteiger partial charge in [-0.3, -0.25) is 9.59 Å². The van der Waals surface area contributed by atoms with Crippen molar-refractivity contribution in [1.82, 2.24) is 25.2 Å². The van der Waals surface area contributed by atoms with Crippen LogP contribution in [0.1, 0.15) is 63.1 Å². The van der Waals surface area contributed by atoms with Gasteiger partial charge in [-0.05, 0) is 38.7 Å². The van der Waals surface area contributed by atoms with E-state index in [9.17, 15) is 9.59 Å². The van der Waals surface area contributed by atoms with E-state index in [-0.39, 0.29) is 24.3 Å². The molecule has 0 spiro atoms. The Bertz CT molecular complexity index is 991. The maximum atomic E-state index is 12.8. The van der Waals surface area contributed by atoms with Crippen molar-refractivity contribution >= 4 is 17.8 Å². The van der Waals surface area contributed by atoms with Crippen LogP contribution in [0.5, 0.6) is 5.88 Å². The van der Waals surface area contributed by atoms with Gasteiger partial charge >= 0.3 is 0 Å². The number of amides is 2. The average Bonchev–Trinajstić information content (AvgIpc) is 3.05. The molecule has 4 rings (SSSR count). The number of anilines is 1. The average molecular weight is 396 g/mol. The standard InChI is InChI=1S/C20H24N6O3/c1-3-26-10-15-13(19(26)28)8-11(18(23-15)29-2)9-22-17(27)16-12-6-4-5-7-14(12)24-20(21)25-16/h8H,3-7,9-10H2,1-2H3,(H,22,27)(H2,21,24,25). The minimum absolute atomic E-state index is 0.0529. The normalized spacial score (nSPS) is 15.1. The lowest BCUT2D eigenvalue weighted by Gasteiger charge is -2.18. The smallest absolute Gasteiger partial charge is 0.270 e. The number of nitrogen functional groups attached to an aromatic ring is 1. The molecule has 3 heterocycles. The van der Waals surface area contributed by atoms with E-state index in [1.165, 1.54) is 7.11 Å². The van der Waals surface area contributed by atoms with Gasteiger partial charge in [0.05, 0.1) is 24.9 Å². The second-order valence-corrected chi connectivity index (χ2v) is 7.22. The van der Waals surface area contributed by atoms with E-state index in [1.54, 1.807) is 11.0 Å². The van der Waals surface area contributed by atoms with Crippen LogP contribution < -0.4 is 15.8 Å². The molecule has 2 aromatic rings. The zero-order valence-electron chi connectivity index (χ0n) is 16.6. The summed E-state index contributed by atoms with van der Waals surface area (Å²) in [6.07, 6.45) is 3.61. The molecule has 0 bridgehead atoms. The minimum atomic E-state index is -0.318. The number of hydrogen-bond acceptors (Lipinski definition) is 7. The molecule has 2 aromatic heterocycles. The predicted molar refractivity (Wildman–Crippen MR) is 105 cm³/mol. The first-order valence-corrected chi connectivity index (χ1v) is 9.81. The number of aryl methyl sites for hydroxylation is 1. The highest BCUT2D eigenvalue weighted by Gasteiger charge is 2.29. The molecule has 2 aliphatic rings. The Labute approximate surface area is 168 Å². The molecular weight excluding hydrogens is 372 g/mol. The highest BCUT2D eigenvalue weighted by Crippen LogP contribution is 2.27. The van der Waals surface area contributed by atoms with Gasteiger partial charge in [0.1, 0.15) is 5.69 Å². The lowest BCUT2D eigenvalue weighted by Crippen LogP contribution is -2.28. The van der Waals surface area contributed by atoms with E-state index in [1.807, 2.05) is 6.92 Å². The highest BCUT2D eigenvalue weighted by molar-refractivity contribution is 5.98. The summed E-state index contributed by atoms with van der Waals surface area (Å²) in [6.45, 7) is 3.18. The number of hydrogen-bond donors (Lipinski definition) is 2. The van der Waals surface area contributed by atoms with Crippen molar-refractivity contribution in [2.45, 2.75) is 45.7 Å². The van der Waals surface area contributed by atoms with Crippen LogP contribution in [0.2, 0.25) is 0 Å². The van der Waals surface area contributed by atoms with E-state index in [0.717, 1.165) is 36.9 Å². The van der Waals surface area contributed by atoms with Gasteiger partial charge in [0.25, 0.3) is 11.8 Å². The van der Waals surface area contributed by atoms with Crippen molar-refractivity contribution in [3.05, 3.63) is 39.8 Å². The van der Waals surface area contributed by atoms with Crippen LogP contribution in [0.4, 0.5) is 5.95 Å². The summed E-state index contributed by atoms with van der Waals surface area (Å²) < 4.78 is 5.38. The number of ether oxygens (including phenoxy) is 1. The predicted octanol–water partition coefficient (Wildman–Crippen LogP) is 1.25. The number of nitrogens with zero attached hydrogens (tertiary/aromatic N) is 4. The Balaban J connectivity index is 1.57. The maximum Gasteiger partial charge on any atom is 0.270 e. The van der Waals surface area contributed by atoms with Crippen molar-refractivity contribution < 1.29 is 14.3 Å². The Morgan fingerprint density at radius 1 is 1.24 bits per heavy atom. The number of pyridine rings is 1. The minimum Gasteiger partial charge on any atom is -0.481 e. The van der Waals surface area contributed by atoms with Gasteiger partial charge < -0.3 is 20.7 Å². The molecule has 0 saturated heterocycles. The number of carbonyl (C=O) groups excluding carboxylic acids is 2. The first-order valence-electron chi connectivity index (χ1n) is 9.81. The Kier molecular flexibility index (Phi) is 5.04. The molecule has 9 heteroatoms. The highest BCUT2D eigenvalue weighted by atomic mass is 16.5. The van der Waals surface area contributed by atoms with Crippen molar-refractivity contribution in [1.29, 1.82) is 0 Å². The van der Waals surface area contributed by atoms with E-state index >= 15 is 0 Å². The summed E-state index contributed by atoms with van der Waals surface area (Å²) in [5.41, 5.74) is 9.75. The molecule has 0 fully saturated rings. The first-order chi connectivity index (χ1) is 14.0. The molecule has 3 N–H and O–H groups in total. The van der Waals surface area contributed by atoms with Crippen LogP contribution in [0.3, 0.4) is 0 Å².